The third kappa shape index (κ3) is 5.26. The van der Waals surface area contributed by atoms with Crippen molar-refractivity contribution in [2.24, 2.45) is 4.99 Å². The van der Waals surface area contributed by atoms with E-state index in [9.17, 15) is 14.7 Å². The molecule has 1 aliphatic rings. The largest absolute Gasteiger partial charge is 0.508 e. The Kier molecular flexibility index (Phi) is 6.36. The maximum Gasteiger partial charge on any atom is 0.341 e. The zero-order valence-corrected chi connectivity index (χ0v) is 16.1. The lowest BCUT2D eigenvalue weighted by Gasteiger charge is -2.12. The van der Waals surface area contributed by atoms with E-state index in [4.69, 9.17) is 9.84 Å². The number of ether oxygens (including phenoxy) is 1. The van der Waals surface area contributed by atoms with Crippen molar-refractivity contribution in [2.75, 3.05) is 13.2 Å². The molecule has 3 rings (SSSR count). The summed E-state index contributed by atoms with van der Waals surface area (Å²) in [7, 11) is 0. The third-order valence-corrected chi connectivity index (χ3v) is 4.80. The fourth-order valence-corrected chi connectivity index (χ4v) is 3.52. The highest BCUT2D eigenvalue weighted by Crippen LogP contribution is 2.34. The summed E-state index contributed by atoms with van der Waals surface area (Å²) in [6.07, 6.45) is 3.32. The van der Waals surface area contributed by atoms with Gasteiger partial charge in [-0.15, -0.1) is 6.58 Å². The van der Waals surface area contributed by atoms with Crippen LogP contribution in [-0.2, 0) is 9.59 Å². The van der Waals surface area contributed by atoms with Crippen molar-refractivity contribution in [3.05, 3.63) is 71.7 Å². The number of carbonyl (C=O) groups is 2. The number of thioether (sulfide) groups is 1. The molecule has 8 heteroatoms. The number of amidine groups is 1. The Morgan fingerprint density at radius 3 is 2.69 bits per heavy atom. The number of carboxylic acids is 1. The maximum absolute atomic E-state index is 12.8. The van der Waals surface area contributed by atoms with Gasteiger partial charge in [0.15, 0.2) is 11.8 Å². The highest BCUT2D eigenvalue weighted by Gasteiger charge is 2.32. The summed E-state index contributed by atoms with van der Waals surface area (Å²) < 4.78 is 5.18. The molecule has 0 bridgehead atoms. The molecule has 29 heavy (non-hydrogen) atoms. The zero-order chi connectivity index (χ0) is 20.8. The number of hydrogen-bond donors (Lipinski definition) is 2. The topological polar surface area (TPSA) is 99.4 Å². The molecule has 0 saturated carbocycles. The van der Waals surface area contributed by atoms with Crippen LogP contribution < -0.4 is 4.74 Å². The molecule has 1 amide bonds. The molecule has 148 valence electrons. The summed E-state index contributed by atoms with van der Waals surface area (Å²) >= 11 is 1.23. The molecule has 0 aliphatic carbocycles. The number of amides is 1. The number of rotatable bonds is 7. The molecular weight excluding hydrogens is 392 g/mol. The molecule has 0 unspecified atom stereocenters. The average Bonchev–Trinajstić information content (AvgIpc) is 2.97. The highest BCUT2D eigenvalue weighted by molar-refractivity contribution is 8.18. The number of carbonyl (C=O) groups excluding carboxylic acids is 1. The molecule has 2 aromatic rings. The van der Waals surface area contributed by atoms with Gasteiger partial charge in [0.25, 0.3) is 5.91 Å². The predicted molar refractivity (Wildman–Crippen MR) is 112 cm³/mol. The van der Waals surface area contributed by atoms with E-state index in [2.05, 4.69) is 11.6 Å². The van der Waals surface area contributed by atoms with Crippen LogP contribution in [0.1, 0.15) is 5.56 Å². The summed E-state index contributed by atoms with van der Waals surface area (Å²) in [6.45, 7) is 3.56. The van der Waals surface area contributed by atoms with E-state index < -0.39 is 12.6 Å². The number of phenols is 1. The average molecular weight is 410 g/mol. The number of aromatic hydroxyl groups is 1. The van der Waals surface area contributed by atoms with E-state index >= 15 is 0 Å². The Labute approximate surface area is 171 Å². The normalized spacial score (nSPS) is 16.4. The number of aliphatic carboxylic acids is 1. The molecule has 1 heterocycles. The molecule has 2 N–H and O–H groups in total. The van der Waals surface area contributed by atoms with E-state index in [0.29, 0.717) is 33.6 Å². The van der Waals surface area contributed by atoms with Gasteiger partial charge in [0.2, 0.25) is 0 Å². The second kappa shape index (κ2) is 9.11. The van der Waals surface area contributed by atoms with Gasteiger partial charge in [-0.05, 0) is 59.8 Å². The van der Waals surface area contributed by atoms with Crippen molar-refractivity contribution in [2.45, 2.75) is 0 Å². The van der Waals surface area contributed by atoms with Crippen molar-refractivity contribution in [1.29, 1.82) is 0 Å². The molecule has 7 nitrogen and oxygen atoms in total. The van der Waals surface area contributed by atoms with Crippen LogP contribution in [0, 0.1) is 0 Å². The maximum atomic E-state index is 12.8. The van der Waals surface area contributed by atoms with Crippen LogP contribution in [0.2, 0.25) is 0 Å². The first kappa shape index (κ1) is 20.2. The van der Waals surface area contributed by atoms with E-state index in [0.717, 1.165) is 0 Å². The van der Waals surface area contributed by atoms with Gasteiger partial charge in [-0.2, -0.15) is 0 Å². The highest BCUT2D eigenvalue weighted by atomic mass is 32.2. The van der Waals surface area contributed by atoms with Gasteiger partial charge in [0.1, 0.15) is 11.5 Å². The SMILES string of the molecule is C=CCN1C(=O)/C(=C/c2cccc(OCC(=O)O)c2)SC1=Nc1ccc(O)cc1. The molecule has 1 fully saturated rings. The van der Waals surface area contributed by atoms with Gasteiger partial charge in [0, 0.05) is 6.54 Å². The van der Waals surface area contributed by atoms with E-state index in [1.807, 2.05) is 0 Å². The summed E-state index contributed by atoms with van der Waals surface area (Å²) in [5.74, 6) is -0.731. The first-order chi connectivity index (χ1) is 14.0. The van der Waals surface area contributed by atoms with E-state index in [1.54, 1.807) is 48.6 Å². The second-order valence-electron chi connectivity index (χ2n) is 5.98. The monoisotopic (exact) mass is 410 g/mol. The van der Waals surface area contributed by atoms with Crippen LogP contribution in [0.5, 0.6) is 11.5 Å². The molecule has 1 aliphatic heterocycles. The van der Waals surface area contributed by atoms with Crippen molar-refractivity contribution < 1.29 is 24.5 Å². The molecule has 1 saturated heterocycles. The van der Waals surface area contributed by atoms with Crippen LogP contribution in [-0.4, -0.2) is 45.3 Å². The predicted octanol–water partition coefficient (Wildman–Crippen LogP) is 3.65. The summed E-state index contributed by atoms with van der Waals surface area (Å²) in [6, 6.07) is 13.2. The fourth-order valence-electron chi connectivity index (χ4n) is 2.51. The van der Waals surface area contributed by atoms with Crippen molar-refractivity contribution >= 4 is 40.6 Å². The summed E-state index contributed by atoms with van der Waals surface area (Å²) in [4.78, 5) is 30.0. The Morgan fingerprint density at radius 1 is 1.24 bits per heavy atom. The van der Waals surface area contributed by atoms with Crippen molar-refractivity contribution in [3.63, 3.8) is 0 Å². The second-order valence-corrected chi connectivity index (χ2v) is 6.99. The van der Waals surface area contributed by atoms with Crippen molar-refractivity contribution in [1.82, 2.24) is 4.90 Å². The van der Waals surface area contributed by atoms with Crippen LogP contribution in [0.15, 0.2) is 71.1 Å². The van der Waals surface area contributed by atoms with Gasteiger partial charge in [0.05, 0.1) is 10.6 Å². The number of carboxylic acid groups (broad SMARTS) is 1. The smallest absolute Gasteiger partial charge is 0.341 e. The molecule has 2 aromatic carbocycles. The van der Waals surface area contributed by atoms with Gasteiger partial charge in [-0.3, -0.25) is 9.69 Å². The van der Waals surface area contributed by atoms with Gasteiger partial charge >= 0.3 is 5.97 Å². The first-order valence-electron chi connectivity index (χ1n) is 8.61. The Balaban J connectivity index is 1.87. The lowest BCUT2D eigenvalue weighted by Crippen LogP contribution is -2.29. The summed E-state index contributed by atoms with van der Waals surface area (Å²) in [5.41, 5.74) is 1.31. The number of nitrogens with zero attached hydrogens (tertiary/aromatic N) is 2. The molecule has 0 aromatic heterocycles. The van der Waals surface area contributed by atoms with Crippen LogP contribution >= 0.6 is 11.8 Å². The van der Waals surface area contributed by atoms with E-state index in [1.165, 1.54) is 28.8 Å². The van der Waals surface area contributed by atoms with Crippen LogP contribution in [0.3, 0.4) is 0 Å². The lowest BCUT2D eigenvalue weighted by molar-refractivity contribution is -0.139. The van der Waals surface area contributed by atoms with Crippen LogP contribution in [0.25, 0.3) is 6.08 Å². The Morgan fingerprint density at radius 2 is 2.00 bits per heavy atom. The quantitative estimate of drug-likeness (QED) is 0.534. The lowest BCUT2D eigenvalue weighted by atomic mass is 10.2. The fraction of sp³-hybridized carbons (Fsp3) is 0.0952. The first-order valence-corrected chi connectivity index (χ1v) is 9.42. The standard InChI is InChI=1S/C21H18N2O5S/c1-2-10-23-20(27)18(29-21(23)22-15-6-8-16(24)9-7-15)12-14-4-3-5-17(11-14)28-13-19(25)26/h2-9,11-12,24H,1,10,13H2,(H,25,26)/b18-12-,22-21?. The van der Waals surface area contributed by atoms with E-state index in [-0.39, 0.29) is 11.7 Å². The Bertz CT molecular complexity index is 998. The minimum Gasteiger partial charge on any atom is -0.508 e. The molecule has 0 atom stereocenters. The van der Waals surface area contributed by atoms with Gasteiger partial charge < -0.3 is 14.9 Å². The van der Waals surface area contributed by atoms with Gasteiger partial charge in [-0.25, -0.2) is 9.79 Å². The minimum atomic E-state index is -1.06. The third-order valence-electron chi connectivity index (χ3n) is 3.79. The number of hydrogen-bond acceptors (Lipinski definition) is 6. The molecule has 0 spiro atoms. The zero-order valence-electron chi connectivity index (χ0n) is 15.3. The molecule has 0 radical (unpaired) electrons. The van der Waals surface area contributed by atoms with Crippen LogP contribution in [0.4, 0.5) is 5.69 Å². The molecular formula is C21H18N2O5S. The minimum absolute atomic E-state index is 0.137. The van der Waals surface area contributed by atoms with Crippen molar-refractivity contribution in [3.8, 4) is 11.5 Å². The number of phenolic OH excluding ortho intramolecular Hbond substituents is 1. The number of aliphatic imine (C=N–C) groups is 1. The Hall–Kier alpha value is -3.52. The summed E-state index contributed by atoms with van der Waals surface area (Å²) in [5, 5.41) is 18.6. The number of benzene rings is 2. The van der Waals surface area contributed by atoms with Gasteiger partial charge in [-0.1, -0.05) is 18.2 Å².